The molecule has 0 spiro atoms. The van der Waals surface area contributed by atoms with Crippen LogP contribution < -0.4 is 16.6 Å². The maximum Gasteiger partial charge on any atom is 0.416 e. The van der Waals surface area contributed by atoms with Crippen molar-refractivity contribution in [3.05, 3.63) is 130 Å². The summed E-state index contributed by atoms with van der Waals surface area (Å²) >= 11 is 0. The predicted molar refractivity (Wildman–Crippen MR) is 151 cm³/mol. The number of nitrogens with zero attached hydrogens (tertiary/aromatic N) is 3. The van der Waals surface area contributed by atoms with Gasteiger partial charge in [0.1, 0.15) is 12.4 Å². The van der Waals surface area contributed by atoms with E-state index in [0.29, 0.717) is 16.8 Å². The second-order valence-electron chi connectivity index (χ2n) is 9.54. The molecule has 0 saturated carbocycles. The molecule has 3 aromatic carbocycles. The number of halogens is 4. The van der Waals surface area contributed by atoms with Gasteiger partial charge in [-0.05, 0) is 48.0 Å². The second-order valence-corrected chi connectivity index (χ2v) is 9.54. The van der Waals surface area contributed by atoms with Gasteiger partial charge in [-0.15, -0.1) is 0 Å². The molecule has 5 rings (SSSR count). The number of carbonyl (C=O) groups is 2. The van der Waals surface area contributed by atoms with Gasteiger partial charge in [0.2, 0.25) is 11.8 Å². The van der Waals surface area contributed by atoms with Crippen molar-refractivity contribution in [3.63, 3.8) is 0 Å². The van der Waals surface area contributed by atoms with Gasteiger partial charge >= 0.3 is 6.18 Å². The Morgan fingerprint density at radius 2 is 1.56 bits per heavy atom. The highest BCUT2D eigenvalue weighted by Crippen LogP contribution is 2.32. The number of primary amides is 1. The third kappa shape index (κ3) is 6.38. The third-order valence-corrected chi connectivity index (χ3v) is 6.59. The van der Waals surface area contributed by atoms with Gasteiger partial charge in [0.05, 0.1) is 22.6 Å². The number of pyridine rings is 1. The molecule has 0 radical (unpaired) electrons. The fourth-order valence-electron chi connectivity index (χ4n) is 4.63. The smallest absolute Gasteiger partial charge is 0.368 e. The van der Waals surface area contributed by atoms with E-state index in [9.17, 15) is 31.9 Å². The summed E-state index contributed by atoms with van der Waals surface area (Å²) in [5.41, 5.74) is 5.99. The number of nitrogens with two attached hydrogens (primary N) is 1. The number of hydrogen-bond donors (Lipinski definition) is 2. The summed E-state index contributed by atoms with van der Waals surface area (Å²) in [6.45, 7) is -0.575. The van der Waals surface area contributed by atoms with Crippen LogP contribution in [0.3, 0.4) is 0 Å². The van der Waals surface area contributed by atoms with Crippen LogP contribution in [0.25, 0.3) is 22.6 Å². The zero-order valence-electron chi connectivity index (χ0n) is 22.3. The Hall–Kier alpha value is -5.52. The van der Waals surface area contributed by atoms with Gasteiger partial charge in [-0.3, -0.25) is 19.0 Å². The first-order valence-electron chi connectivity index (χ1n) is 12.9. The second kappa shape index (κ2) is 11.8. The van der Waals surface area contributed by atoms with E-state index in [2.05, 4.69) is 10.4 Å². The van der Waals surface area contributed by atoms with Crippen molar-refractivity contribution in [1.82, 2.24) is 14.3 Å². The summed E-state index contributed by atoms with van der Waals surface area (Å²) in [6.07, 6.45) is -4.61. The number of anilines is 1. The van der Waals surface area contributed by atoms with Crippen LogP contribution in [0.5, 0.6) is 0 Å². The molecule has 43 heavy (non-hydrogen) atoms. The first kappa shape index (κ1) is 29.0. The van der Waals surface area contributed by atoms with Gasteiger partial charge in [-0.25, -0.2) is 9.07 Å². The molecular formula is C31H23F4N5O3. The lowest BCUT2D eigenvalue weighted by atomic mass is 10.1. The predicted octanol–water partition coefficient (Wildman–Crippen LogP) is 5.25. The minimum Gasteiger partial charge on any atom is -0.368 e. The topological polar surface area (TPSA) is 112 Å². The number of rotatable bonds is 8. The Morgan fingerprint density at radius 3 is 2.23 bits per heavy atom. The molecule has 2 aromatic heterocycles. The molecule has 8 nitrogen and oxygen atoms in total. The largest absolute Gasteiger partial charge is 0.416 e. The molecule has 1 unspecified atom stereocenters. The van der Waals surface area contributed by atoms with Crippen molar-refractivity contribution in [2.75, 3.05) is 5.32 Å². The molecule has 218 valence electrons. The number of aromatic nitrogens is 3. The molecule has 0 saturated heterocycles. The number of hydrogen-bond acceptors (Lipinski definition) is 4. The van der Waals surface area contributed by atoms with Crippen molar-refractivity contribution in [2.24, 2.45) is 5.73 Å². The van der Waals surface area contributed by atoms with Gasteiger partial charge in [-0.2, -0.15) is 18.3 Å². The molecule has 0 aliphatic carbocycles. The molecule has 5 aromatic rings. The van der Waals surface area contributed by atoms with Crippen molar-refractivity contribution < 1.29 is 27.2 Å². The van der Waals surface area contributed by atoms with E-state index >= 15 is 0 Å². The first-order chi connectivity index (χ1) is 20.5. The summed E-state index contributed by atoms with van der Waals surface area (Å²) in [6, 6.07) is 22.8. The van der Waals surface area contributed by atoms with Crippen LogP contribution in [-0.4, -0.2) is 26.2 Å². The Kier molecular flexibility index (Phi) is 7.93. The van der Waals surface area contributed by atoms with Crippen molar-refractivity contribution in [2.45, 2.75) is 18.8 Å². The minimum atomic E-state index is -4.61. The Bertz CT molecular complexity index is 1850. The molecule has 0 bridgehead atoms. The van der Waals surface area contributed by atoms with Gasteiger partial charge in [0.15, 0.2) is 6.04 Å². The summed E-state index contributed by atoms with van der Waals surface area (Å²) in [4.78, 5) is 38.9. The van der Waals surface area contributed by atoms with E-state index in [0.717, 1.165) is 22.8 Å². The highest BCUT2D eigenvalue weighted by Gasteiger charge is 2.31. The highest BCUT2D eigenvalue weighted by molar-refractivity contribution is 5.91. The van der Waals surface area contributed by atoms with E-state index in [1.807, 2.05) is 6.07 Å². The Morgan fingerprint density at radius 1 is 0.860 bits per heavy atom. The molecule has 2 heterocycles. The molecule has 2 amide bonds. The normalized spacial score (nSPS) is 12.1. The maximum atomic E-state index is 13.7. The van der Waals surface area contributed by atoms with E-state index in [-0.39, 0.29) is 17.1 Å². The van der Waals surface area contributed by atoms with E-state index < -0.39 is 47.5 Å². The average Bonchev–Trinajstić information content (AvgIpc) is 3.40. The molecular weight excluding hydrogens is 566 g/mol. The van der Waals surface area contributed by atoms with Crippen LogP contribution in [-0.2, 0) is 22.3 Å². The number of alkyl halides is 3. The standard InChI is InChI=1S/C31H23F4N5O3/c32-22-14-12-20(13-15-22)29(30(36)43)40-26(17-24(38-40)19-6-2-1-3-7-19)25-10-5-11-28(42)39(25)18-27(41)37-23-9-4-8-21(16-23)31(33,34)35/h1-17,29H,18H2,(H2,36,43)(H,37,41). The van der Waals surface area contributed by atoms with Gasteiger partial charge in [0.25, 0.3) is 5.56 Å². The SMILES string of the molecule is NC(=O)C(c1ccc(F)cc1)n1nc(-c2ccccc2)cc1-c1cccc(=O)n1CC(=O)Nc1cccc(C(F)(F)F)c1. The van der Waals surface area contributed by atoms with E-state index in [4.69, 9.17) is 5.73 Å². The number of carbonyl (C=O) groups excluding carboxylic acids is 2. The number of amides is 2. The minimum absolute atomic E-state index is 0.105. The first-order valence-corrected chi connectivity index (χ1v) is 12.9. The average molecular weight is 590 g/mol. The molecule has 3 N–H and O–H groups in total. The van der Waals surface area contributed by atoms with Crippen LogP contribution in [0.4, 0.5) is 23.2 Å². The third-order valence-electron chi connectivity index (χ3n) is 6.59. The van der Waals surface area contributed by atoms with Crippen molar-refractivity contribution in [3.8, 4) is 22.6 Å². The van der Waals surface area contributed by atoms with Crippen LogP contribution in [0.2, 0.25) is 0 Å². The zero-order valence-corrected chi connectivity index (χ0v) is 22.3. The van der Waals surface area contributed by atoms with Gasteiger partial charge in [0, 0.05) is 17.3 Å². The van der Waals surface area contributed by atoms with Crippen molar-refractivity contribution >= 4 is 17.5 Å². The lowest BCUT2D eigenvalue weighted by Crippen LogP contribution is -2.31. The molecule has 0 aliphatic rings. The Balaban J connectivity index is 1.60. The summed E-state index contributed by atoms with van der Waals surface area (Å²) in [7, 11) is 0. The van der Waals surface area contributed by atoms with E-state index in [1.54, 1.807) is 30.3 Å². The van der Waals surface area contributed by atoms with Gasteiger partial charge < -0.3 is 11.1 Å². The molecule has 1 atom stereocenters. The quantitative estimate of drug-likeness (QED) is 0.241. The summed E-state index contributed by atoms with van der Waals surface area (Å²) in [5.74, 6) is -2.11. The fraction of sp³-hybridized carbons (Fsp3) is 0.0968. The van der Waals surface area contributed by atoms with E-state index in [1.165, 1.54) is 53.2 Å². The van der Waals surface area contributed by atoms with Crippen LogP contribution in [0, 0.1) is 5.82 Å². The summed E-state index contributed by atoms with van der Waals surface area (Å²) in [5, 5.41) is 7.02. The number of benzene rings is 3. The van der Waals surface area contributed by atoms with Gasteiger partial charge in [-0.1, -0.05) is 54.6 Å². The number of nitrogens with one attached hydrogen (secondary N) is 1. The molecule has 0 fully saturated rings. The summed E-state index contributed by atoms with van der Waals surface area (Å²) < 4.78 is 55.6. The van der Waals surface area contributed by atoms with Crippen molar-refractivity contribution in [1.29, 1.82) is 0 Å². The maximum absolute atomic E-state index is 13.7. The van der Waals surface area contributed by atoms with Crippen LogP contribution in [0.1, 0.15) is 17.2 Å². The van der Waals surface area contributed by atoms with Crippen LogP contribution >= 0.6 is 0 Å². The van der Waals surface area contributed by atoms with Crippen LogP contribution in [0.15, 0.2) is 108 Å². The highest BCUT2D eigenvalue weighted by atomic mass is 19.4. The molecule has 12 heteroatoms. The Labute approximate surface area is 242 Å². The zero-order chi connectivity index (χ0) is 30.7. The fourth-order valence-corrected chi connectivity index (χ4v) is 4.63. The lowest BCUT2D eigenvalue weighted by molar-refractivity contribution is -0.137. The monoisotopic (exact) mass is 589 g/mol. The molecule has 0 aliphatic heterocycles. The lowest BCUT2D eigenvalue weighted by Gasteiger charge is -2.19.